The van der Waals surface area contributed by atoms with E-state index in [0.29, 0.717) is 30.0 Å². The number of carbonyl (C=O) groups is 3. The van der Waals surface area contributed by atoms with Crippen molar-refractivity contribution in [2.75, 3.05) is 28.6 Å². The molecule has 0 spiro atoms. The highest BCUT2D eigenvalue weighted by atomic mass is 32.1. The maximum atomic E-state index is 14.8. The quantitative estimate of drug-likeness (QED) is 0.188. The molecule has 1 aliphatic heterocycles. The van der Waals surface area contributed by atoms with Crippen LogP contribution in [0.1, 0.15) is 64.9 Å². The van der Waals surface area contributed by atoms with Crippen LogP contribution < -0.4 is 20.9 Å². The van der Waals surface area contributed by atoms with E-state index in [1.54, 1.807) is 41.5 Å². The van der Waals surface area contributed by atoms with Crippen molar-refractivity contribution in [3.05, 3.63) is 66.0 Å². The first-order valence-electron chi connectivity index (χ1n) is 15.5. The second-order valence-corrected chi connectivity index (χ2v) is 14.3. The number of halogens is 2. The van der Waals surface area contributed by atoms with Gasteiger partial charge in [-0.1, -0.05) is 35.6 Å². The smallest absolute Gasteiger partial charge is 0.412 e. The van der Waals surface area contributed by atoms with E-state index in [1.165, 1.54) is 12.3 Å². The lowest BCUT2D eigenvalue weighted by molar-refractivity contribution is 0.0499. The zero-order valence-electron chi connectivity index (χ0n) is 27.6. The largest absolute Gasteiger partial charge is 0.444 e. The molecule has 3 amide bonds. The Labute approximate surface area is 281 Å². The SMILES string of the molecule is CC(C)(C)OC(=O)Nc1sc(-c2c(F)cccc2F)nc1C(=O)Nc1cnc2ccccc2c1N1CCCC(NC(=O)OC(C)(C)C)C1. The van der Waals surface area contributed by atoms with Crippen molar-refractivity contribution < 1.29 is 32.6 Å². The van der Waals surface area contributed by atoms with Crippen LogP contribution in [0.15, 0.2) is 48.7 Å². The van der Waals surface area contributed by atoms with Crippen molar-refractivity contribution in [2.45, 2.75) is 71.6 Å². The first-order valence-corrected chi connectivity index (χ1v) is 16.3. The lowest BCUT2D eigenvalue weighted by Crippen LogP contribution is -2.49. The summed E-state index contributed by atoms with van der Waals surface area (Å²) in [5.41, 5.74) is -0.514. The van der Waals surface area contributed by atoms with Crippen LogP contribution in [0.2, 0.25) is 0 Å². The fourth-order valence-electron chi connectivity index (χ4n) is 5.28. The summed E-state index contributed by atoms with van der Waals surface area (Å²) < 4.78 is 40.4. The number of alkyl carbamates (subject to hydrolysis) is 1. The average molecular weight is 681 g/mol. The van der Waals surface area contributed by atoms with Crippen LogP contribution in [0.25, 0.3) is 21.5 Å². The van der Waals surface area contributed by atoms with Gasteiger partial charge < -0.3 is 25.0 Å². The van der Waals surface area contributed by atoms with E-state index >= 15 is 0 Å². The van der Waals surface area contributed by atoms with Crippen LogP contribution in [0.3, 0.4) is 0 Å². The van der Waals surface area contributed by atoms with Gasteiger partial charge in [-0.25, -0.2) is 23.4 Å². The van der Waals surface area contributed by atoms with Gasteiger partial charge in [-0.05, 0) is 72.6 Å². The Kier molecular flexibility index (Phi) is 9.85. The van der Waals surface area contributed by atoms with Crippen molar-refractivity contribution in [1.29, 1.82) is 0 Å². The van der Waals surface area contributed by atoms with Gasteiger partial charge in [0, 0.05) is 24.5 Å². The molecule has 1 atom stereocenters. The van der Waals surface area contributed by atoms with Crippen molar-refractivity contribution in [3.8, 4) is 10.6 Å². The predicted octanol–water partition coefficient (Wildman–Crippen LogP) is 7.73. The van der Waals surface area contributed by atoms with E-state index in [4.69, 9.17) is 9.47 Å². The van der Waals surface area contributed by atoms with Gasteiger partial charge in [-0.15, -0.1) is 0 Å². The second kappa shape index (κ2) is 13.7. The maximum absolute atomic E-state index is 14.8. The minimum atomic E-state index is -0.875. The number of aromatic nitrogens is 2. The predicted molar refractivity (Wildman–Crippen MR) is 182 cm³/mol. The Hall–Kier alpha value is -4.85. The molecule has 0 aliphatic carbocycles. The normalized spacial score (nSPS) is 15.2. The number of anilines is 3. The Balaban J connectivity index is 1.50. The molecule has 254 valence electrons. The maximum Gasteiger partial charge on any atom is 0.412 e. The first-order chi connectivity index (χ1) is 22.6. The molecule has 0 saturated carbocycles. The van der Waals surface area contributed by atoms with Gasteiger partial charge in [0.1, 0.15) is 32.8 Å². The van der Waals surface area contributed by atoms with E-state index in [9.17, 15) is 23.2 Å². The summed E-state index contributed by atoms with van der Waals surface area (Å²) in [6.07, 6.45) is 1.61. The molecule has 4 aromatic rings. The Bertz CT molecular complexity index is 1830. The van der Waals surface area contributed by atoms with Crippen molar-refractivity contribution in [3.63, 3.8) is 0 Å². The van der Waals surface area contributed by atoms with Crippen LogP contribution in [0, 0.1) is 11.6 Å². The molecule has 1 unspecified atom stereocenters. The number of hydrogen-bond donors (Lipinski definition) is 3. The molecule has 3 N–H and O–H groups in total. The van der Waals surface area contributed by atoms with E-state index in [-0.39, 0.29) is 21.7 Å². The van der Waals surface area contributed by atoms with E-state index in [2.05, 4.69) is 30.8 Å². The van der Waals surface area contributed by atoms with Crippen LogP contribution >= 0.6 is 11.3 Å². The van der Waals surface area contributed by atoms with Gasteiger partial charge in [0.15, 0.2) is 5.69 Å². The summed E-state index contributed by atoms with van der Waals surface area (Å²) in [4.78, 5) is 50.2. The lowest BCUT2D eigenvalue weighted by atomic mass is 10.0. The summed E-state index contributed by atoms with van der Waals surface area (Å²) in [6.45, 7) is 11.5. The molecule has 14 heteroatoms. The van der Waals surface area contributed by atoms with Gasteiger partial charge in [-0.2, -0.15) is 0 Å². The number of carbonyl (C=O) groups excluding carboxylic acids is 3. The number of hydrogen-bond acceptors (Lipinski definition) is 9. The number of rotatable bonds is 6. The van der Waals surface area contributed by atoms with Gasteiger partial charge >= 0.3 is 12.2 Å². The molecule has 0 radical (unpaired) electrons. The topological polar surface area (TPSA) is 135 Å². The molecule has 2 aromatic heterocycles. The van der Waals surface area contributed by atoms with E-state index in [0.717, 1.165) is 41.7 Å². The molecule has 1 saturated heterocycles. The van der Waals surface area contributed by atoms with Gasteiger partial charge in [-0.3, -0.25) is 15.1 Å². The van der Waals surface area contributed by atoms with Gasteiger partial charge in [0.25, 0.3) is 5.91 Å². The highest BCUT2D eigenvalue weighted by molar-refractivity contribution is 7.19. The summed E-state index contributed by atoms with van der Waals surface area (Å²) in [5.74, 6) is -2.50. The third kappa shape index (κ3) is 8.35. The zero-order valence-corrected chi connectivity index (χ0v) is 28.4. The summed E-state index contributed by atoms with van der Waals surface area (Å²) in [7, 11) is 0. The number of nitrogens with one attached hydrogen (secondary N) is 3. The molecule has 0 bridgehead atoms. The fraction of sp³-hybridized carbons (Fsp3) is 0.382. The van der Waals surface area contributed by atoms with E-state index < -0.39 is 46.5 Å². The molecule has 3 heterocycles. The Morgan fingerprint density at radius 1 is 0.917 bits per heavy atom. The summed E-state index contributed by atoms with van der Waals surface area (Å²) in [6, 6.07) is 10.6. The second-order valence-electron chi connectivity index (χ2n) is 13.3. The minimum Gasteiger partial charge on any atom is -0.444 e. The molecular formula is C34H38F2N6O5S. The monoisotopic (exact) mass is 680 g/mol. The third-order valence-corrected chi connectivity index (χ3v) is 8.08. The number of piperidine rings is 1. The number of pyridine rings is 1. The number of benzene rings is 2. The minimum absolute atomic E-state index is 0.0608. The van der Waals surface area contributed by atoms with Crippen molar-refractivity contribution in [1.82, 2.24) is 15.3 Å². The Morgan fingerprint density at radius 2 is 1.58 bits per heavy atom. The van der Waals surface area contributed by atoms with Gasteiger partial charge in [0.2, 0.25) is 0 Å². The molecule has 1 fully saturated rings. The van der Waals surface area contributed by atoms with Crippen LogP contribution in [-0.2, 0) is 9.47 Å². The fourth-order valence-corrected chi connectivity index (χ4v) is 6.27. The van der Waals surface area contributed by atoms with Crippen molar-refractivity contribution >= 4 is 56.7 Å². The standard InChI is InChI=1S/C34H38F2N6O5S/c1-33(2,3)46-31(44)38-19-11-10-16-42(18-19)27-20-12-7-8-15-23(20)37-17-24(27)39-28(43)26-30(41-32(45)47-34(4,5)6)48-29(40-26)25-21(35)13-9-14-22(25)36/h7-9,12-15,17,19H,10-11,16,18H2,1-6H3,(H,38,44)(H,39,43)(H,41,45). The number of thiazole rings is 1. The van der Waals surface area contributed by atoms with Crippen LogP contribution in [0.4, 0.5) is 34.7 Å². The highest BCUT2D eigenvalue weighted by Gasteiger charge is 2.30. The number of para-hydroxylation sites is 1. The molecule has 48 heavy (non-hydrogen) atoms. The number of nitrogens with zero attached hydrogens (tertiary/aromatic N) is 3. The zero-order chi connectivity index (χ0) is 34.8. The number of fused-ring (bicyclic) bond motifs is 1. The Morgan fingerprint density at radius 3 is 2.27 bits per heavy atom. The van der Waals surface area contributed by atoms with Crippen LogP contribution in [-0.4, -0.2) is 58.4 Å². The number of amides is 3. The average Bonchev–Trinajstić information content (AvgIpc) is 3.38. The number of ether oxygens (including phenoxy) is 2. The molecule has 11 nitrogen and oxygen atoms in total. The van der Waals surface area contributed by atoms with Crippen LogP contribution in [0.5, 0.6) is 0 Å². The highest BCUT2D eigenvalue weighted by Crippen LogP contribution is 2.38. The van der Waals surface area contributed by atoms with Crippen molar-refractivity contribution in [2.24, 2.45) is 0 Å². The third-order valence-electron chi connectivity index (χ3n) is 7.09. The van der Waals surface area contributed by atoms with Gasteiger partial charge in [0.05, 0.1) is 28.7 Å². The molecular weight excluding hydrogens is 642 g/mol. The van der Waals surface area contributed by atoms with E-state index in [1.807, 2.05) is 24.3 Å². The lowest BCUT2D eigenvalue weighted by Gasteiger charge is -2.36. The molecule has 2 aromatic carbocycles. The summed E-state index contributed by atoms with van der Waals surface area (Å²) in [5, 5.41) is 8.89. The molecule has 1 aliphatic rings. The summed E-state index contributed by atoms with van der Waals surface area (Å²) >= 11 is 0.737. The first kappa shape index (κ1) is 34.5. The molecule has 5 rings (SSSR count).